The normalized spacial score (nSPS) is 16.5. The lowest BCUT2D eigenvalue weighted by atomic mass is 9.86. The first-order chi connectivity index (χ1) is 20.3. The molecule has 3 N–H and O–H groups in total. The van der Waals surface area contributed by atoms with Gasteiger partial charge in [-0.25, -0.2) is 0 Å². The number of carbonyl (C=O) groups is 1. The van der Waals surface area contributed by atoms with Gasteiger partial charge in [-0.3, -0.25) is 14.1 Å². The minimum atomic E-state index is -0.682. The highest BCUT2D eigenvalue weighted by atomic mass is 19.1. The van der Waals surface area contributed by atoms with E-state index < -0.39 is 5.97 Å². The molecule has 1 atom stereocenters. The van der Waals surface area contributed by atoms with E-state index in [9.17, 15) is 19.4 Å². The number of alkyl halides is 1. The summed E-state index contributed by atoms with van der Waals surface area (Å²) in [4.78, 5) is 12.1. The van der Waals surface area contributed by atoms with Crippen LogP contribution in [0.15, 0.2) is 66.7 Å². The second-order valence-electron chi connectivity index (χ2n) is 10.8. The number of benzene rings is 3. The quantitative estimate of drug-likeness (QED) is 0.209. The van der Waals surface area contributed by atoms with Crippen molar-refractivity contribution in [2.24, 2.45) is 5.92 Å². The molecule has 5 rings (SSSR count). The van der Waals surface area contributed by atoms with Crippen LogP contribution in [-0.4, -0.2) is 59.1 Å². The SMILES string of the molecule is CC1=C(c2cccc(O)c2)[C@H](c2ccc(OCCN3CC(CF)C3)cc2)Oc2ccc(O)cc21.CCCCCC(=O)O. The Hall–Kier alpha value is -4.04. The molecule has 8 heteroatoms. The number of allylic oxidation sites excluding steroid dienone is 1. The highest BCUT2D eigenvalue weighted by molar-refractivity contribution is 5.95. The zero-order chi connectivity index (χ0) is 30.1. The summed E-state index contributed by atoms with van der Waals surface area (Å²) in [5.41, 5.74) is 4.56. The van der Waals surface area contributed by atoms with Crippen molar-refractivity contribution in [3.8, 4) is 23.0 Å². The summed E-state index contributed by atoms with van der Waals surface area (Å²) in [6, 6.07) is 20.1. The maximum Gasteiger partial charge on any atom is 0.303 e. The number of likely N-dealkylation sites (tertiary alicyclic amines) is 1. The molecule has 0 bridgehead atoms. The Bertz CT molecular complexity index is 1370. The first-order valence-electron chi connectivity index (χ1n) is 14.5. The molecule has 0 amide bonds. The Morgan fingerprint density at radius 2 is 1.76 bits per heavy atom. The van der Waals surface area contributed by atoms with E-state index in [1.807, 2.05) is 43.3 Å². The van der Waals surface area contributed by atoms with Crippen LogP contribution in [0.25, 0.3) is 11.1 Å². The Balaban J connectivity index is 0.000000446. The summed E-state index contributed by atoms with van der Waals surface area (Å²) in [6.45, 7) is 6.78. The van der Waals surface area contributed by atoms with E-state index in [0.29, 0.717) is 18.8 Å². The van der Waals surface area contributed by atoms with Gasteiger partial charge in [-0.15, -0.1) is 0 Å². The molecule has 3 aromatic carbocycles. The van der Waals surface area contributed by atoms with Crippen LogP contribution in [0.2, 0.25) is 0 Å². The molecule has 0 aromatic heterocycles. The number of aliphatic carboxylic acids is 1. The number of nitrogens with zero attached hydrogens (tertiary/aromatic N) is 1. The molecule has 3 aromatic rings. The third-order valence-corrected chi connectivity index (χ3v) is 7.54. The highest BCUT2D eigenvalue weighted by Crippen LogP contribution is 2.47. The summed E-state index contributed by atoms with van der Waals surface area (Å²) in [6.07, 6.45) is 2.89. The number of fused-ring (bicyclic) bond motifs is 1. The lowest BCUT2D eigenvalue weighted by Gasteiger charge is -2.37. The van der Waals surface area contributed by atoms with Crippen LogP contribution in [0, 0.1) is 5.92 Å². The summed E-state index contributed by atoms with van der Waals surface area (Å²) < 4.78 is 24.9. The number of hydrogen-bond donors (Lipinski definition) is 3. The van der Waals surface area contributed by atoms with Crippen molar-refractivity contribution in [2.75, 3.05) is 32.9 Å². The molecule has 1 saturated heterocycles. The van der Waals surface area contributed by atoms with E-state index in [4.69, 9.17) is 14.6 Å². The van der Waals surface area contributed by atoms with Crippen molar-refractivity contribution in [1.82, 2.24) is 4.90 Å². The number of aromatic hydroxyl groups is 2. The number of phenolic OH excluding ortho intramolecular Hbond substituents is 2. The van der Waals surface area contributed by atoms with Crippen LogP contribution in [0.3, 0.4) is 0 Å². The Morgan fingerprint density at radius 3 is 2.43 bits per heavy atom. The average Bonchev–Trinajstić information content (AvgIpc) is 2.95. The van der Waals surface area contributed by atoms with Gasteiger partial charge in [0, 0.05) is 43.1 Å². The van der Waals surface area contributed by atoms with Gasteiger partial charge in [-0.05, 0) is 72.5 Å². The van der Waals surface area contributed by atoms with Gasteiger partial charge >= 0.3 is 5.97 Å². The minimum absolute atomic E-state index is 0.176. The van der Waals surface area contributed by atoms with Crippen LogP contribution in [0.5, 0.6) is 23.0 Å². The maximum atomic E-state index is 12.6. The van der Waals surface area contributed by atoms with Crippen LogP contribution in [0.1, 0.15) is 62.3 Å². The first-order valence-corrected chi connectivity index (χ1v) is 14.5. The van der Waals surface area contributed by atoms with E-state index in [0.717, 1.165) is 72.5 Å². The molecule has 7 nitrogen and oxygen atoms in total. The van der Waals surface area contributed by atoms with Gasteiger partial charge in [0.25, 0.3) is 0 Å². The van der Waals surface area contributed by atoms with Crippen LogP contribution in [0.4, 0.5) is 4.39 Å². The van der Waals surface area contributed by atoms with E-state index in [2.05, 4.69) is 11.8 Å². The molecule has 0 saturated carbocycles. The fourth-order valence-electron chi connectivity index (χ4n) is 5.23. The fraction of sp³-hybridized carbons (Fsp3) is 0.382. The maximum absolute atomic E-state index is 12.6. The van der Waals surface area contributed by atoms with Crippen molar-refractivity contribution >= 4 is 17.1 Å². The Kier molecular flexibility index (Phi) is 10.8. The van der Waals surface area contributed by atoms with Crippen molar-refractivity contribution in [2.45, 2.75) is 45.6 Å². The van der Waals surface area contributed by atoms with Crippen LogP contribution < -0.4 is 9.47 Å². The van der Waals surface area contributed by atoms with Gasteiger partial charge in [0.15, 0.2) is 0 Å². The van der Waals surface area contributed by atoms with Gasteiger partial charge in [-0.2, -0.15) is 0 Å². The molecule has 2 heterocycles. The fourth-order valence-corrected chi connectivity index (χ4v) is 5.23. The summed E-state index contributed by atoms with van der Waals surface area (Å²) in [7, 11) is 0. The van der Waals surface area contributed by atoms with E-state index >= 15 is 0 Å². The predicted octanol–water partition coefficient (Wildman–Crippen LogP) is 7.09. The predicted molar refractivity (Wildman–Crippen MR) is 162 cm³/mol. The van der Waals surface area contributed by atoms with Crippen molar-refractivity contribution < 1.29 is 34.0 Å². The van der Waals surface area contributed by atoms with E-state index in [1.165, 1.54) is 0 Å². The van der Waals surface area contributed by atoms with E-state index in [-0.39, 0.29) is 30.2 Å². The minimum Gasteiger partial charge on any atom is -0.508 e. The molecule has 0 spiro atoms. The number of ether oxygens (including phenoxy) is 2. The van der Waals surface area contributed by atoms with Gasteiger partial charge in [0.2, 0.25) is 0 Å². The summed E-state index contributed by atoms with van der Waals surface area (Å²) in [5.74, 6) is 1.33. The lowest BCUT2D eigenvalue weighted by Crippen LogP contribution is -2.49. The van der Waals surface area contributed by atoms with Crippen LogP contribution in [-0.2, 0) is 4.79 Å². The zero-order valence-electron chi connectivity index (χ0n) is 24.3. The third-order valence-electron chi connectivity index (χ3n) is 7.54. The number of hydrogen-bond acceptors (Lipinski definition) is 6. The molecular formula is C34H40FNO6. The molecule has 0 radical (unpaired) electrons. The smallest absolute Gasteiger partial charge is 0.303 e. The van der Waals surface area contributed by atoms with E-state index in [1.54, 1.807) is 30.3 Å². The number of unbranched alkanes of at least 4 members (excludes halogenated alkanes) is 2. The zero-order valence-corrected chi connectivity index (χ0v) is 24.3. The van der Waals surface area contributed by atoms with Crippen molar-refractivity contribution in [1.29, 1.82) is 0 Å². The highest BCUT2D eigenvalue weighted by Gasteiger charge is 2.30. The lowest BCUT2D eigenvalue weighted by molar-refractivity contribution is -0.137. The van der Waals surface area contributed by atoms with Gasteiger partial charge in [0.05, 0.1) is 6.67 Å². The second-order valence-corrected chi connectivity index (χ2v) is 10.8. The van der Waals surface area contributed by atoms with Crippen molar-refractivity contribution in [3.63, 3.8) is 0 Å². The Morgan fingerprint density at radius 1 is 1.02 bits per heavy atom. The molecule has 42 heavy (non-hydrogen) atoms. The molecule has 0 aliphatic carbocycles. The van der Waals surface area contributed by atoms with Gasteiger partial charge < -0.3 is 24.8 Å². The topological polar surface area (TPSA) is 99.5 Å². The molecule has 224 valence electrons. The summed E-state index contributed by atoms with van der Waals surface area (Å²) >= 11 is 0. The molecule has 2 aliphatic rings. The molecule has 2 aliphatic heterocycles. The number of carboxylic acid groups (broad SMARTS) is 1. The van der Waals surface area contributed by atoms with Crippen molar-refractivity contribution in [3.05, 3.63) is 83.4 Å². The largest absolute Gasteiger partial charge is 0.508 e. The van der Waals surface area contributed by atoms with Gasteiger partial charge in [-0.1, -0.05) is 44.0 Å². The third kappa shape index (κ3) is 8.03. The second kappa shape index (κ2) is 14.7. The number of carboxylic acids is 1. The first kappa shape index (κ1) is 30.9. The number of rotatable bonds is 11. The average molecular weight is 578 g/mol. The molecule has 1 fully saturated rings. The van der Waals surface area contributed by atoms with Crippen LogP contribution >= 0.6 is 0 Å². The Labute approximate surface area is 246 Å². The number of halogens is 1. The summed E-state index contributed by atoms with van der Waals surface area (Å²) in [5, 5.41) is 28.3. The van der Waals surface area contributed by atoms with Gasteiger partial charge in [0.1, 0.15) is 35.7 Å². The molecular weight excluding hydrogens is 537 g/mol. The monoisotopic (exact) mass is 577 g/mol. The molecule has 0 unspecified atom stereocenters. The number of phenols is 2. The standard InChI is InChI=1S/C28H28FNO4.C6H12O2/c1-18-25-14-23(32)7-10-26(25)34-28(27(18)21-3-2-4-22(31)13-21)20-5-8-24(9-6-20)33-12-11-30-16-19(15-29)17-30;1-2-3-4-5-6(7)8/h2-10,13-14,19,28,31-32H,11-12,15-17H2,1H3;2-5H2,1H3,(H,7,8)/t28-;/m0./s1.